The molecule has 0 unspecified atom stereocenters. The van der Waals surface area contributed by atoms with Crippen LogP contribution in [0.4, 0.5) is 0 Å². The lowest BCUT2D eigenvalue weighted by molar-refractivity contribution is -0.137. The van der Waals surface area contributed by atoms with Gasteiger partial charge in [0.25, 0.3) is 0 Å². The van der Waals surface area contributed by atoms with Gasteiger partial charge in [0.1, 0.15) is 0 Å². The van der Waals surface area contributed by atoms with E-state index in [9.17, 15) is 4.79 Å². The Kier molecular flexibility index (Phi) is 8.77. The number of allylic oxidation sites excluding steroid dienone is 2. The van der Waals surface area contributed by atoms with E-state index in [1.807, 2.05) is 0 Å². The van der Waals surface area contributed by atoms with E-state index in [1.165, 1.54) is 31.4 Å². The van der Waals surface area contributed by atoms with Gasteiger partial charge in [-0.2, -0.15) is 11.8 Å². The minimum absolute atomic E-state index is 0.264. The molecule has 2 aliphatic heterocycles. The summed E-state index contributed by atoms with van der Waals surface area (Å²) >= 11 is 2.10. The molecule has 0 spiro atoms. The number of fused-ring (bicyclic) bond motifs is 2. The van der Waals surface area contributed by atoms with Crippen molar-refractivity contribution in [1.82, 2.24) is 0 Å². The standard InChI is InChI=1S/C20H30O3S/c1-2-3-4-7-10-15-24-20-16(17-13-14-18(20)23-17)11-8-5-6-9-12-19(21)22/h1,5,8,16-18,20H,3-4,6-7,9-15H2,(H,21,22)/t16-,17+,18-,20-/m0/s1. The third-order valence-electron chi connectivity index (χ3n) is 4.96. The second-order valence-corrected chi connectivity index (χ2v) is 8.08. The van der Waals surface area contributed by atoms with E-state index in [-0.39, 0.29) is 6.42 Å². The Morgan fingerprint density at radius 2 is 2.04 bits per heavy atom. The molecule has 0 saturated carbocycles. The predicted molar refractivity (Wildman–Crippen MR) is 100 cm³/mol. The summed E-state index contributed by atoms with van der Waals surface area (Å²) in [6, 6.07) is 0. The summed E-state index contributed by atoms with van der Waals surface area (Å²) in [5.74, 6) is 3.84. The molecule has 24 heavy (non-hydrogen) atoms. The zero-order chi connectivity index (χ0) is 17.2. The Balaban J connectivity index is 1.66. The number of carboxylic acid groups (broad SMARTS) is 1. The summed E-state index contributed by atoms with van der Waals surface area (Å²) < 4.78 is 6.14. The van der Waals surface area contributed by atoms with Crippen LogP contribution in [0.2, 0.25) is 0 Å². The molecular weight excluding hydrogens is 320 g/mol. The van der Waals surface area contributed by atoms with Crippen LogP contribution in [0.25, 0.3) is 0 Å². The smallest absolute Gasteiger partial charge is 0.303 e. The average Bonchev–Trinajstić information content (AvgIpc) is 3.15. The van der Waals surface area contributed by atoms with E-state index in [0.717, 1.165) is 32.1 Å². The number of hydrogen-bond acceptors (Lipinski definition) is 3. The molecule has 134 valence electrons. The van der Waals surface area contributed by atoms with E-state index in [0.29, 0.717) is 23.4 Å². The highest BCUT2D eigenvalue weighted by atomic mass is 32.2. The van der Waals surface area contributed by atoms with Gasteiger partial charge in [0.15, 0.2) is 0 Å². The van der Waals surface area contributed by atoms with E-state index in [1.54, 1.807) is 0 Å². The molecule has 3 nitrogen and oxygen atoms in total. The fourth-order valence-corrected chi connectivity index (χ4v) is 5.31. The van der Waals surface area contributed by atoms with Crippen LogP contribution in [-0.4, -0.2) is 34.3 Å². The van der Waals surface area contributed by atoms with Crippen molar-refractivity contribution in [1.29, 1.82) is 0 Å². The Hall–Kier alpha value is -0.920. The second-order valence-electron chi connectivity index (χ2n) is 6.80. The minimum Gasteiger partial charge on any atom is -0.481 e. The molecule has 2 rings (SSSR count). The number of aliphatic carboxylic acids is 1. The molecule has 0 radical (unpaired) electrons. The van der Waals surface area contributed by atoms with Gasteiger partial charge >= 0.3 is 5.97 Å². The molecule has 1 N–H and O–H groups in total. The molecule has 2 heterocycles. The molecule has 4 heteroatoms. The maximum absolute atomic E-state index is 10.5. The summed E-state index contributed by atoms with van der Waals surface area (Å²) in [6.07, 6.45) is 20.5. The summed E-state index contributed by atoms with van der Waals surface area (Å²) in [5, 5.41) is 9.29. The number of ether oxygens (including phenoxy) is 1. The van der Waals surface area contributed by atoms with Gasteiger partial charge in [0, 0.05) is 24.0 Å². The van der Waals surface area contributed by atoms with Gasteiger partial charge in [-0.15, -0.1) is 12.3 Å². The molecule has 0 aliphatic carbocycles. The maximum Gasteiger partial charge on any atom is 0.303 e. The van der Waals surface area contributed by atoms with Gasteiger partial charge < -0.3 is 9.84 Å². The molecule has 4 atom stereocenters. The van der Waals surface area contributed by atoms with Gasteiger partial charge in [-0.3, -0.25) is 4.79 Å². The van der Waals surface area contributed by atoms with Crippen molar-refractivity contribution in [3.8, 4) is 12.3 Å². The number of rotatable bonds is 12. The monoisotopic (exact) mass is 350 g/mol. The first-order valence-electron chi connectivity index (χ1n) is 9.29. The Labute approximate surface area is 150 Å². The fourth-order valence-electron chi connectivity index (χ4n) is 3.72. The van der Waals surface area contributed by atoms with Crippen LogP contribution in [0.1, 0.15) is 64.2 Å². The third kappa shape index (κ3) is 6.18. The van der Waals surface area contributed by atoms with Crippen LogP contribution in [0.15, 0.2) is 12.2 Å². The molecule has 2 saturated heterocycles. The number of thioether (sulfide) groups is 1. The number of unbranched alkanes of at least 4 members (excludes halogenated alkanes) is 4. The predicted octanol–water partition coefficient (Wildman–Crippen LogP) is 4.66. The number of terminal acetylenes is 1. The molecule has 2 aliphatic rings. The molecule has 0 aromatic rings. The van der Waals surface area contributed by atoms with Crippen molar-refractivity contribution in [2.75, 3.05) is 5.75 Å². The third-order valence-corrected chi connectivity index (χ3v) is 6.53. The van der Waals surface area contributed by atoms with Crippen molar-refractivity contribution in [3.05, 3.63) is 12.2 Å². The zero-order valence-corrected chi connectivity index (χ0v) is 15.3. The highest BCUT2D eigenvalue weighted by Crippen LogP contribution is 2.46. The molecule has 0 amide bonds. The van der Waals surface area contributed by atoms with Crippen molar-refractivity contribution < 1.29 is 14.6 Å². The lowest BCUT2D eigenvalue weighted by Crippen LogP contribution is -2.29. The van der Waals surface area contributed by atoms with Gasteiger partial charge in [-0.1, -0.05) is 18.6 Å². The second kappa shape index (κ2) is 10.8. The molecule has 2 bridgehead atoms. The summed E-state index contributed by atoms with van der Waals surface area (Å²) in [4.78, 5) is 10.5. The molecule has 0 aromatic carbocycles. The normalized spacial score (nSPS) is 28.5. The highest BCUT2D eigenvalue weighted by Gasteiger charge is 2.48. The van der Waals surface area contributed by atoms with E-state index >= 15 is 0 Å². The Bertz CT molecular complexity index is 454. The highest BCUT2D eigenvalue weighted by molar-refractivity contribution is 7.99. The number of carbonyl (C=O) groups is 1. The SMILES string of the molecule is C#CCCCCCS[C@H]1[C@@H](CC=CCCCC(=O)O)[C@H]2CC[C@@H]1O2. The van der Waals surface area contributed by atoms with E-state index in [2.05, 4.69) is 29.8 Å². The van der Waals surface area contributed by atoms with Crippen molar-refractivity contribution in [2.24, 2.45) is 5.92 Å². The van der Waals surface area contributed by atoms with Gasteiger partial charge in [0.05, 0.1) is 12.2 Å². The van der Waals surface area contributed by atoms with Gasteiger partial charge in [-0.25, -0.2) is 0 Å². The van der Waals surface area contributed by atoms with Crippen LogP contribution in [-0.2, 0) is 9.53 Å². The van der Waals surface area contributed by atoms with Crippen molar-refractivity contribution in [3.63, 3.8) is 0 Å². The lowest BCUT2D eigenvalue weighted by Gasteiger charge is -2.26. The zero-order valence-electron chi connectivity index (χ0n) is 14.5. The van der Waals surface area contributed by atoms with E-state index < -0.39 is 5.97 Å². The molecular formula is C20H30O3S. The van der Waals surface area contributed by atoms with E-state index in [4.69, 9.17) is 16.3 Å². The van der Waals surface area contributed by atoms with Crippen LogP contribution in [0.5, 0.6) is 0 Å². The lowest BCUT2D eigenvalue weighted by atomic mass is 9.86. The van der Waals surface area contributed by atoms with Crippen molar-refractivity contribution in [2.45, 2.75) is 81.7 Å². The fraction of sp³-hybridized carbons (Fsp3) is 0.750. The number of carboxylic acids is 1. The maximum atomic E-state index is 10.5. The van der Waals surface area contributed by atoms with Crippen LogP contribution in [0.3, 0.4) is 0 Å². The molecule has 2 fully saturated rings. The minimum atomic E-state index is -0.705. The number of hydrogen-bond donors (Lipinski definition) is 1. The Morgan fingerprint density at radius 1 is 1.21 bits per heavy atom. The van der Waals surface area contributed by atoms with Crippen LogP contribution >= 0.6 is 11.8 Å². The first kappa shape index (κ1) is 19.4. The quantitative estimate of drug-likeness (QED) is 0.316. The Morgan fingerprint density at radius 3 is 2.83 bits per heavy atom. The van der Waals surface area contributed by atoms with Crippen molar-refractivity contribution >= 4 is 17.7 Å². The first-order valence-corrected chi connectivity index (χ1v) is 10.3. The molecule has 0 aromatic heterocycles. The topological polar surface area (TPSA) is 46.5 Å². The average molecular weight is 351 g/mol. The summed E-state index contributed by atoms with van der Waals surface area (Å²) in [7, 11) is 0. The largest absolute Gasteiger partial charge is 0.481 e. The first-order chi connectivity index (χ1) is 11.7. The van der Waals surface area contributed by atoms with Crippen LogP contribution < -0.4 is 0 Å². The van der Waals surface area contributed by atoms with Gasteiger partial charge in [0.2, 0.25) is 0 Å². The van der Waals surface area contributed by atoms with Gasteiger partial charge in [-0.05, 0) is 50.7 Å². The summed E-state index contributed by atoms with van der Waals surface area (Å²) in [5.41, 5.74) is 0. The summed E-state index contributed by atoms with van der Waals surface area (Å²) in [6.45, 7) is 0. The van der Waals surface area contributed by atoms with Crippen LogP contribution in [0, 0.1) is 18.3 Å².